The van der Waals surface area contributed by atoms with E-state index in [-0.39, 0.29) is 48.3 Å². The number of carbonyl (C=O) groups excluding carboxylic acids is 2. The summed E-state index contributed by atoms with van der Waals surface area (Å²) in [5.41, 5.74) is 7.29. The molecule has 2 amide bonds. The highest BCUT2D eigenvalue weighted by molar-refractivity contribution is 14.0. The molecule has 1 saturated heterocycles. The molecule has 8 heteroatoms. The van der Waals surface area contributed by atoms with Crippen LogP contribution < -0.4 is 16.4 Å². The normalized spacial score (nSPS) is 17.0. The van der Waals surface area contributed by atoms with Crippen molar-refractivity contribution in [1.29, 1.82) is 0 Å². The van der Waals surface area contributed by atoms with Crippen molar-refractivity contribution in [3.63, 3.8) is 0 Å². The molecule has 0 spiro atoms. The second-order valence-electron chi connectivity index (χ2n) is 6.63. The van der Waals surface area contributed by atoms with Crippen LogP contribution in [0.1, 0.15) is 31.7 Å². The van der Waals surface area contributed by atoms with E-state index in [1.807, 2.05) is 24.3 Å². The van der Waals surface area contributed by atoms with Crippen LogP contribution >= 0.6 is 24.0 Å². The van der Waals surface area contributed by atoms with Crippen LogP contribution in [0.4, 0.5) is 5.69 Å². The van der Waals surface area contributed by atoms with Gasteiger partial charge in [0, 0.05) is 32.2 Å². The molecule has 1 aliphatic rings. The Labute approximate surface area is 178 Å². The van der Waals surface area contributed by atoms with E-state index >= 15 is 0 Å². The van der Waals surface area contributed by atoms with Gasteiger partial charge < -0.3 is 21.3 Å². The Kier molecular flexibility index (Phi) is 10.1. The number of hydrogen-bond donors (Lipinski definition) is 3. The van der Waals surface area contributed by atoms with Crippen LogP contribution in [0, 0.1) is 5.92 Å². The van der Waals surface area contributed by atoms with Gasteiger partial charge in [0.05, 0.1) is 6.54 Å². The zero-order valence-corrected chi connectivity index (χ0v) is 18.4. The molecule has 7 nitrogen and oxygen atoms in total. The third-order valence-electron chi connectivity index (χ3n) is 4.55. The molecular weight excluding hydrogens is 457 g/mol. The van der Waals surface area contributed by atoms with Gasteiger partial charge in [-0.15, -0.1) is 24.0 Å². The molecule has 0 saturated carbocycles. The molecule has 1 unspecified atom stereocenters. The molecule has 0 bridgehead atoms. The fourth-order valence-corrected chi connectivity index (χ4v) is 3.27. The first kappa shape index (κ1) is 23.2. The first-order valence-electron chi connectivity index (χ1n) is 9.14. The van der Waals surface area contributed by atoms with Crippen molar-refractivity contribution < 1.29 is 9.59 Å². The average Bonchev–Trinajstić information content (AvgIpc) is 2.62. The van der Waals surface area contributed by atoms with Crippen molar-refractivity contribution in [3.05, 3.63) is 29.8 Å². The van der Waals surface area contributed by atoms with E-state index in [2.05, 4.69) is 27.4 Å². The molecule has 4 N–H and O–H groups in total. The molecule has 27 heavy (non-hydrogen) atoms. The van der Waals surface area contributed by atoms with Gasteiger partial charge in [0.25, 0.3) is 0 Å². The summed E-state index contributed by atoms with van der Waals surface area (Å²) in [6.07, 6.45) is 3.29. The number of anilines is 1. The lowest BCUT2D eigenvalue weighted by Crippen LogP contribution is -2.48. The standard InChI is InChI=1S/C19H29N5O2.HI/c1-3-14-6-4-8-16(10-14)23-18(26)12-22-19(21-2)24-9-5-7-15(13-24)11-17(20)25;/h4,6,8,10,15H,3,5,7,9,11-13H2,1-2H3,(H2,20,25)(H,21,22)(H,23,26);1H. The van der Waals surface area contributed by atoms with E-state index in [1.54, 1.807) is 7.05 Å². The number of piperidine rings is 1. The zero-order valence-electron chi connectivity index (χ0n) is 16.0. The molecule has 1 atom stereocenters. The van der Waals surface area contributed by atoms with Crippen LogP contribution in [0.2, 0.25) is 0 Å². The number of carbonyl (C=O) groups is 2. The number of nitrogens with two attached hydrogens (primary N) is 1. The van der Waals surface area contributed by atoms with Gasteiger partial charge in [0.1, 0.15) is 0 Å². The van der Waals surface area contributed by atoms with Gasteiger partial charge in [0.2, 0.25) is 11.8 Å². The van der Waals surface area contributed by atoms with Gasteiger partial charge in [-0.25, -0.2) is 0 Å². The molecular formula is C19H30IN5O2. The predicted molar refractivity (Wildman–Crippen MR) is 119 cm³/mol. The Morgan fingerprint density at radius 3 is 2.81 bits per heavy atom. The zero-order chi connectivity index (χ0) is 18.9. The number of primary amides is 1. The van der Waals surface area contributed by atoms with Gasteiger partial charge in [-0.05, 0) is 42.9 Å². The number of amides is 2. The van der Waals surface area contributed by atoms with E-state index < -0.39 is 0 Å². The molecule has 150 valence electrons. The summed E-state index contributed by atoms with van der Waals surface area (Å²) < 4.78 is 0. The molecule has 0 aromatic heterocycles. The minimum atomic E-state index is -0.270. The van der Waals surface area contributed by atoms with Crippen molar-refractivity contribution in [2.24, 2.45) is 16.6 Å². The number of nitrogens with one attached hydrogen (secondary N) is 2. The fraction of sp³-hybridized carbons (Fsp3) is 0.526. The summed E-state index contributed by atoms with van der Waals surface area (Å²) in [5.74, 6) is 0.528. The molecule has 0 radical (unpaired) electrons. The maximum atomic E-state index is 12.2. The Bertz CT molecular complexity index is 665. The van der Waals surface area contributed by atoms with Gasteiger partial charge in [-0.1, -0.05) is 19.1 Å². The first-order valence-corrected chi connectivity index (χ1v) is 9.14. The number of aliphatic imine (C=N–C) groups is 1. The Hall–Kier alpha value is -1.84. The third kappa shape index (κ3) is 7.74. The highest BCUT2D eigenvalue weighted by atomic mass is 127. The van der Waals surface area contributed by atoms with Crippen LogP contribution in [-0.2, 0) is 16.0 Å². The Balaban J connectivity index is 0.00000364. The largest absolute Gasteiger partial charge is 0.370 e. The number of halogens is 1. The van der Waals surface area contributed by atoms with E-state index in [1.165, 1.54) is 5.56 Å². The van der Waals surface area contributed by atoms with Crippen LogP contribution in [0.5, 0.6) is 0 Å². The fourth-order valence-electron chi connectivity index (χ4n) is 3.27. The van der Waals surface area contributed by atoms with E-state index in [9.17, 15) is 9.59 Å². The number of aryl methyl sites for hydroxylation is 1. The first-order chi connectivity index (χ1) is 12.5. The lowest BCUT2D eigenvalue weighted by atomic mass is 9.95. The van der Waals surface area contributed by atoms with E-state index in [4.69, 9.17) is 5.73 Å². The topological polar surface area (TPSA) is 99.8 Å². The molecule has 1 fully saturated rings. The maximum Gasteiger partial charge on any atom is 0.243 e. The number of nitrogens with zero attached hydrogens (tertiary/aromatic N) is 2. The van der Waals surface area contributed by atoms with Crippen LogP contribution in [0.25, 0.3) is 0 Å². The molecule has 0 aliphatic carbocycles. The highest BCUT2D eigenvalue weighted by Gasteiger charge is 2.23. The van der Waals surface area contributed by atoms with E-state index in [0.717, 1.165) is 38.0 Å². The van der Waals surface area contributed by atoms with Crippen LogP contribution in [-0.4, -0.2) is 49.4 Å². The van der Waals surface area contributed by atoms with Crippen molar-refractivity contribution in [1.82, 2.24) is 10.2 Å². The second-order valence-corrected chi connectivity index (χ2v) is 6.63. The SMILES string of the molecule is CCc1cccc(NC(=O)CNC(=NC)N2CCCC(CC(N)=O)C2)c1.I. The van der Waals surface area contributed by atoms with Crippen molar-refractivity contribution in [2.45, 2.75) is 32.6 Å². The summed E-state index contributed by atoms with van der Waals surface area (Å²) in [4.78, 5) is 29.7. The van der Waals surface area contributed by atoms with Crippen molar-refractivity contribution >= 4 is 47.4 Å². The summed E-state index contributed by atoms with van der Waals surface area (Å²) in [6, 6.07) is 7.83. The second kappa shape index (κ2) is 11.8. The summed E-state index contributed by atoms with van der Waals surface area (Å²) in [5, 5.41) is 6.01. The molecule has 1 heterocycles. The smallest absolute Gasteiger partial charge is 0.243 e. The van der Waals surface area contributed by atoms with Gasteiger partial charge in [-0.3, -0.25) is 14.6 Å². The average molecular weight is 487 g/mol. The number of likely N-dealkylation sites (tertiary alicyclic amines) is 1. The summed E-state index contributed by atoms with van der Waals surface area (Å²) in [7, 11) is 1.70. The quantitative estimate of drug-likeness (QED) is 0.325. The minimum Gasteiger partial charge on any atom is -0.370 e. The lowest BCUT2D eigenvalue weighted by Gasteiger charge is -2.34. The van der Waals surface area contributed by atoms with E-state index in [0.29, 0.717) is 12.4 Å². The highest BCUT2D eigenvalue weighted by Crippen LogP contribution is 2.19. The van der Waals surface area contributed by atoms with Crippen LogP contribution in [0.15, 0.2) is 29.3 Å². The Morgan fingerprint density at radius 2 is 2.15 bits per heavy atom. The van der Waals surface area contributed by atoms with Gasteiger partial charge in [-0.2, -0.15) is 0 Å². The van der Waals surface area contributed by atoms with Crippen LogP contribution in [0.3, 0.4) is 0 Å². The lowest BCUT2D eigenvalue weighted by molar-refractivity contribution is -0.119. The molecule has 1 aromatic rings. The predicted octanol–water partition coefficient (Wildman–Crippen LogP) is 1.97. The number of rotatable bonds is 6. The Morgan fingerprint density at radius 1 is 1.37 bits per heavy atom. The molecule has 1 aliphatic heterocycles. The summed E-state index contributed by atoms with van der Waals surface area (Å²) in [6.45, 7) is 3.80. The van der Waals surface area contributed by atoms with Gasteiger partial charge >= 0.3 is 0 Å². The summed E-state index contributed by atoms with van der Waals surface area (Å²) >= 11 is 0. The molecule has 2 rings (SSSR count). The number of benzene rings is 1. The van der Waals surface area contributed by atoms with Gasteiger partial charge in [0.15, 0.2) is 5.96 Å². The number of guanidine groups is 1. The van der Waals surface area contributed by atoms with Crippen molar-refractivity contribution in [3.8, 4) is 0 Å². The molecule has 1 aromatic carbocycles. The monoisotopic (exact) mass is 487 g/mol. The van der Waals surface area contributed by atoms with Crippen molar-refractivity contribution in [2.75, 3.05) is 32.0 Å². The third-order valence-corrected chi connectivity index (χ3v) is 4.55. The number of hydrogen-bond acceptors (Lipinski definition) is 3. The minimum absolute atomic E-state index is 0. The maximum absolute atomic E-state index is 12.2.